The van der Waals surface area contributed by atoms with E-state index in [-0.39, 0.29) is 24.7 Å². The van der Waals surface area contributed by atoms with Crippen molar-refractivity contribution in [2.75, 3.05) is 41.0 Å². The molecule has 0 radical (unpaired) electrons. The Morgan fingerprint density at radius 2 is 1.91 bits per heavy atom. The molecule has 0 bridgehead atoms. The summed E-state index contributed by atoms with van der Waals surface area (Å²) in [6, 6.07) is 13.1. The molecule has 7 nitrogen and oxygen atoms in total. The van der Waals surface area contributed by atoms with Crippen LogP contribution in [-0.2, 0) is 14.3 Å². The van der Waals surface area contributed by atoms with Crippen LogP contribution >= 0.6 is 0 Å². The van der Waals surface area contributed by atoms with Crippen molar-refractivity contribution in [3.05, 3.63) is 60.7 Å². The van der Waals surface area contributed by atoms with Gasteiger partial charge in [-0.15, -0.1) is 0 Å². The molecule has 1 aliphatic rings. The van der Waals surface area contributed by atoms with Gasteiger partial charge in [-0.1, -0.05) is 18.2 Å². The second-order valence-electron chi connectivity index (χ2n) is 9.10. The second-order valence-corrected chi connectivity index (χ2v) is 9.10. The van der Waals surface area contributed by atoms with Crippen LogP contribution in [0.4, 0.5) is 0 Å². The lowest BCUT2D eigenvalue weighted by Gasteiger charge is -2.34. The number of fused-ring (bicyclic) bond motifs is 1. The van der Waals surface area contributed by atoms with Crippen LogP contribution in [0.15, 0.2) is 55.1 Å². The molecule has 4 rings (SSSR count). The summed E-state index contributed by atoms with van der Waals surface area (Å²) in [6.45, 7) is 3.60. The van der Waals surface area contributed by atoms with E-state index in [0.717, 1.165) is 16.5 Å². The molecule has 176 valence electrons. The fourth-order valence-electron chi connectivity index (χ4n) is 4.54. The molecule has 1 saturated heterocycles. The lowest BCUT2D eigenvalue weighted by Crippen LogP contribution is -2.42. The molecule has 1 fully saturated rings. The predicted octanol–water partition coefficient (Wildman–Crippen LogP) is 3.92. The van der Waals surface area contributed by atoms with Gasteiger partial charge in [-0.05, 0) is 68.4 Å². The van der Waals surface area contributed by atoms with Crippen LogP contribution in [0.3, 0.4) is 0 Å². The Morgan fingerprint density at radius 1 is 1.18 bits per heavy atom. The maximum absolute atomic E-state index is 12.5. The molecule has 1 aliphatic heterocycles. The van der Waals surface area contributed by atoms with E-state index in [1.165, 1.54) is 12.7 Å². The number of imidazole rings is 1. The van der Waals surface area contributed by atoms with Crippen LogP contribution in [0.1, 0.15) is 31.4 Å². The molecule has 33 heavy (non-hydrogen) atoms. The number of nitrogens with zero attached hydrogens (tertiary/aromatic N) is 3. The fraction of sp³-hybridized carbons (Fsp3) is 0.462. The number of methoxy groups -OCH3 is 1. The number of benzene rings is 2. The van der Waals surface area contributed by atoms with Crippen LogP contribution in [0.25, 0.3) is 10.8 Å². The zero-order chi connectivity index (χ0) is 23.4. The van der Waals surface area contributed by atoms with Crippen molar-refractivity contribution in [2.24, 2.45) is 5.41 Å². The third-order valence-electron chi connectivity index (χ3n) is 6.88. The fourth-order valence-corrected chi connectivity index (χ4v) is 4.54. The van der Waals surface area contributed by atoms with Gasteiger partial charge in [-0.2, -0.15) is 0 Å². The molecule has 0 spiro atoms. The summed E-state index contributed by atoms with van der Waals surface area (Å²) in [4.78, 5) is 18.9. The Morgan fingerprint density at radius 3 is 2.58 bits per heavy atom. The number of esters is 1. The van der Waals surface area contributed by atoms with Gasteiger partial charge in [0.25, 0.3) is 0 Å². The number of carbonyl (C=O) groups excluding carboxylic acids is 1. The number of carbonyl (C=O) groups is 1. The molecule has 0 N–H and O–H groups in total. The monoisotopic (exact) mass is 451 g/mol. The highest BCUT2D eigenvalue weighted by Gasteiger charge is 2.42. The number of hydrogen-bond acceptors (Lipinski definition) is 6. The normalized spacial score (nSPS) is 17.6. The summed E-state index contributed by atoms with van der Waals surface area (Å²) in [5.41, 5.74) is 0.578. The van der Waals surface area contributed by atoms with Gasteiger partial charge in [0.2, 0.25) is 0 Å². The minimum atomic E-state index is -0.647. The minimum absolute atomic E-state index is 0.149. The lowest BCUT2D eigenvalue weighted by atomic mass is 9.81. The Bertz CT molecular complexity index is 1070. The van der Waals surface area contributed by atoms with Crippen molar-refractivity contribution in [1.82, 2.24) is 14.5 Å². The molecular formula is C26H33N3O4. The zero-order valence-electron chi connectivity index (χ0n) is 19.9. The molecule has 3 aromatic rings. The van der Waals surface area contributed by atoms with Crippen LogP contribution in [-0.4, -0.2) is 67.5 Å². The largest absolute Gasteiger partial charge is 0.492 e. The van der Waals surface area contributed by atoms with Gasteiger partial charge >= 0.3 is 5.97 Å². The third-order valence-corrected chi connectivity index (χ3v) is 6.88. The molecule has 0 saturated carbocycles. The van der Waals surface area contributed by atoms with Gasteiger partial charge in [-0.3, -0.25) is 4.79 Å². The quantitative estimate of drug-likeness (QED) is 0.484. The van der Waals surface area contributed by atoms with E-state index in [0.29, 0.717) is 26.1 Å². The summed E-state index contributed by atoms with van der Waals surface area (Å²) < 4.78 is 18.8. The Balaban J connectivity index is 1.57. The standard InChI is InChI=1S/C26H33N3O4/c1-19(28(2)3)24(29-12-11-27-18-29)22-6-5-21-16-23(8-7-20(21)15-22)33-17-26(25(30)31-4)9-13-32-14-10-26/h5-8,11-12,15-16,18-19,24H,9-10,13-14,17H2,1-4H3. The molecule has 2 heterocycles. The maximum atomic E-state index is 12.5. The number of ether oxygens (including phenoxy) is 3. The molecule has 2 atom stereocenters. The first kappa shape index (κ1) is 23.3. The van der Waals surface area contributed by atoms with Gasteiger partial charge in [0, 0.05) is 31.6 Å². The van der Waals surface area contributed by atoms with Crippen molar-refractivity contribution in [1.29, 1.82) is 0 Å². The van der Waals surface area contributed by atoms with Crippen LogP contribution in [0, 0.1) is 5.41 Å². The Labute approximate surface area is 195 Å². The molecule has 0 amide bonds. The average molecular weight is 452 g/mol. The number of aromatic nitrogens is 2. The average Bonchev–Trinajstić information content (AvgIpc) is 3.37. The van der Waals surface area contributed by atoms with Gasteiger partial charge in [-0.25, -0.2) is 4.98 Å². The smallest absolute Gasteiger partial charge is 0.315 e. The van der Waals surface area contributed by atoms with Crippen molar-refractivity contribution in [3.63, 3.8) is 0 Å². The van der Waals surface area contributed by atoms with E-state index in [1.54, 1.807) is 0 Å². The van der Waals surface area contributed by atoms with Gasteiger partial charge in [0.05, 0.1) is 19.5 Å². The summed E-state index contributed by atoms with van der Waals surface area (Å²) in [5.74, 6) is 0.523. The highest BCUT2D eigenvalue weighted by molar-refractivity contribution is 5.84. The molecule has 2 unspecified atom stereocenters. The SMILES string of the molecule is COC(=O)C1(COc2ccc3cc(C(C(C)N(C)C)n4ccnc4)ccc3c2)CCOCC1. The highest BCUT2D eigenvalue weighted by atomic mass is 16.5. The number of rotatable bonds is 8. The maximum Gasteiger partial charge on any atom is 0.315 e. The van der Waals surface area contributed by atoms with Crippen molar-refractivity contribution in [3.8, 4) is 5.75 Å². The van der Waals surface area contributed by atoms with Crippen molar-refractivity contribution in [2.45, 2.75) is 31.8 Å². The van der Waals surface area contributed by atoms with Gasteiger partial charge in [0.1, 0.15) is 17.8 Å². The topological polar surface area (TPSA) is 65.8 Å². The van der Waals surface area contributed by atoms with Crippen LogP contribution in [0.5, 0.6) is 5.75 Å². The molecule has 0 aliphatic carbocycles. The first-order valence-corrected chi connectivity index (χ1v) is 11.4. The summed E-state index contributed by atoms with van der Waals surface area (Å²) >= 11 is 0. The number of hydrogen-bond donors (Lipinski definition) is 0. The summed E-state index contributed by atoms with van der Waals surface area (Å²) in [5, 5.41) is 2.24. The van der Waals surface area contributed by atoms with E-state index in [1.807, 2.05) is 30.9 Å². The Kier molecular flexibility index (Phi) is 7.00. The minimum Gasteiger partial charge on any atom is -0.492 e. The summed E-state index contributed by atoms with van der Waals surface area (Å²) in [6.07, 6.45) is 6.92. The molecule has 1 aromatic heterocycles. The van der Waals surface area contributed by atoms with Crippen LogP contribution in [0.2, 0.25) is 0 Å². The Hall–Kier alpha value is -2.90. The van der Waals surface area contributed by atoms with Crippen molar-refractivity contribution >= 4 is 16.7 Å². The highest BCUT2D eigenvalue weighted by Crippen LogP contribution is 2.34. The van der Waals surface area contributed by atoms with Gasteiger partial charge < -0.3 is 23.7 Å². The van der Waals surface area contributed by atoms with Crippen LogP contribution < -0.4 is 4.74 Å². The van der Waals surface area contributed by atoms with E-state index in [9.17, 15) is 4.79 Å². The lowest BCUT2D eigenvalue weighted by molar-refractivity contribution is -0.161. The second kappa shape index (κ2) is 9.93. The van der Waals surface area contributed by atoms with E-state index in [2.05, 4.69) is 59.7 Å². The van der Waals surface area contributed by atoms with E-state index in [4.69, 9.17) is 14.2 Å². The summed E-state index contributed by atoms with van der Waals surface area (Å²) in [7, 11) is 5.62. The molecule has 2 aromatic carbocycles. The molecular weight excluding hydrogens is 418 g/mol. The van der Waals surface area contributed by atoms with E-state index >= 15 is 0 Å². The third kappa shape index (κ3) is 4.89. The predicted molar refractivity (Wildman–Crippen MR) is 127 cm³/mol. The zero-order valence-corrected chi connectivity index (χ0v) is 19.9. The molecule has 7 heteroatoms. The van der Waals surface area contributed by atoms with E-state index < -0.39 is 5.41 Å². The first-order chi connectivity index (χ1) is 15.9. The van der Waals surface area contributed by atoms with Crippen molar-refractivity contribution < 1.29 is 19.0 Å². The first-order valence-electron chi connectivity index (χ1n) is 11.4. The van der Waals surface area contributed by atoms with Gasteiger partial charge in [0.15, 0.2) is 0 Å². The number of likely N-dealkylation sites (N-methyl/N-ethyl adjacent to an activating group) is 1.